The van der Waals surface area contributed by atoms with Gasteiger partial charge in [-0.15, -0.1) is 0 Å². The Morgan fingerprint density at radius 3 is 3.15 bits per heavy atom. The second-order valence-electron chi connectivity index (χ2n) is 4.77. The van der Waals surface area contributed by atoms with Crippen LogP contribution in [0.1, 0.15) is 18.0 Å². The number of anilines is 1. The van der Waals surface area contributed by atoms with Gasteiger partial charge in [-0.05, 0) is 6.07 Å². The normalized spacial score (nSPS) is 17.1. The van der Waals surface area contributed by atoms with Crippen molar-refractivity contribution in [2.24, 2.45) is 0 Å². The van der Waals surface area contributed by atoms with Gasteiger partial charge in [-0.3, -0.25) is 9.48 Å². The minimum absolute atomic E-state index is 0.0136. The highest BCUT2D eigenvalue weighted by Gasteiger charge is 2.22. The summed E-state index contributed by atoms with van der Waals surface area (Å²) in [6.07, 6.45) is 3.93. The quantitative estimate of drug-likeness (QED) is 0.876. The van der Waals surface area contributed by atoms with Crippen molar-refractivity contribution in [2.45, 2.75) is 19.0 Å². The van der Waals surface area contributed by atoms with Crippen molar-refractivity contribution in [2.75, 3.05) is 12.3 Å². The van der Waals surface area contributed by atoms with Crippen LogP contribution in [0.4, 0.5) is 5.69 Å². The van der Waals surface area contributed by atoms with Crippen molar-refractivity contribution in [3.8, 4) is 5.75 Å². The molecule has 0 fully saturated rings. The number of hydrogen-bond acceptors (Lipinski definition) is 4. The molecule has 0 saturated heterocycles. The van der Waals surface area contributed by atoms with Gasteiger partial charge in [-0.25, -0.2) is 0 Å². The van der Waals surface area contributed by atoms with Crippen LogP contribution >= 0.6 is 0 Å². The number of nitrogen functional groups attached to an aromatic ring is 1. The van der Waals surface area contributed by atoms with E-state index in [0.29, 0.717) is 12.3 Å². The number of amides is 1. The van der Waals surface area contributed by atoms with Gasteiger partial charge in [-0.1, -0.05) is 18.2 Å². The third-order valence-electron chi connectivity index (χ3n) is 3.25. The summed E-state index contributed by atoms with van der Waals surface area (Å²) in [5, 5.41) is 7.01. The predicted octanol–water partition coefficient (Wildman–Crippen LogP) is 1.11. The Bertz CT molecular complexity index is 623. The van der Waals surface area contributed by atoms with Gasteiger partial charge in [0.2, 0.25) is 5.91 Å². The van der Waals surface area contributed by atoms with Gasteiger partial charge in [0.1, 0.15) is 12.3 Å². The molecule has 0 spiro atoms. The van der Waals surface area contributed by atoms with Gasteiger partial charge >= 0.3 is 0 Å². The number of fused-ring (bicyclic) bond motifs is 1. The minimum atomic E-state index is -0.0881. The number of carbonyl (C=O) groups is 1. The van der Waals surface area contributed by atoms with Gasteiger partial charge < -0.3 is 15.8 Å². The number of nitrogens with zero attached hydrogens (tertiary/aromatic N) is 2. The summed E-state index contributed by atoms with van der Waals surface area (Å²) < 4.78 is 7.10. The summed E-state index contributed by atoms with van der Waals surface area (Å²) in [6, 6.07) is 7.75. The lowest BCUT2D eigenvalue weighted by molar-refractivity contribution is -0.122. The maximum Gasteiger partial charge on any atom is 0.242 e. The lowest BCUT2D eigenvalue weighted by Crippen LogP contribution is -2.34. The number of carbonyl (C=O) groups excluding carboxylic acids is 1. The lowest BCUT2D eigenvalue weighted by atomic mass is 10.0. The first-order valence-corrected chi connectivity index (χ1v) is 6.51. The highest BCUT2D eigenvalue weighted by Crippen LogP contribution is 2.31. The van der Waals surface area contributed by atoms with E-state index in [1.54, 1.807) is 6.20 Å². The molecule has 1 aromatic carbocycles. The van der Waals surface area contributed by atoms with Crippen molar-refractivity contribution in [1.29, 1.82) is 0 Å². The molecule has 0 radical (unpaired) electrons. The maximum absolute atomic E-state index is 12.0. The third-order valence-corrected chi connectivity index (χ3v) is 3.25. The zero-order valence-corrected chi connectivity index (χ0v) is 11.0. The van der Waals surface area contributed by atoms with Crippen LogP contribution in [0.2, 0.25) is 0 Å². The number of rotatable bonds is 3. The molecular weight excluding hydrogens is 256 g/mol. The smallest absolute Gasteiger partial charge is 0.242 e. The van der Waals surface area contributed by atoms with E-state index in [1.807, 2.05) is 24.3 Å². The Morgan fingerprint density at radius 2 is 2.35 bits per heavy atom. The van der Waals surface area contributed by atoms with E-state index < -0.39 is 0 Å². The molecule has 1 atom stereocenters. The zero-order valence-electron chi connectivity index (χ0n) is 11.0. The van der Waals surface area contributed by atoms with E-state index in [0.717, 1.165) is 17.7 Å². The van der Waals surface area contributed by atoms with Gasteiger partial charge in [-0.2, -0.15) is 5.10 Å². The van der Waals surface area contributed by atoms with Crippen molar-refractivity contribution in [3.63, 3.8) is 0 Å². The molecule has 1 aliphatic rings. The van der Waals surface area contributed by atoms with E-state index in [4.69, 9.17) is 10.5 Å². The maximum atomic E-state index is 12.0. The number of para-hydroxylation sites is 1. The first-order chi connectivity index (χ1) is 9.72. The van der Waals surface area contributed by atoms with Crippen LogP contribution in [0.15, 0.2) is 36.7 Å². The highest BCUT2D eigenvalue weighted by atomic mass is 16.5. The average molecular weight is 272 g/mol. The Balaban J connectivity index is 1.68. The standard InChI is InChI=1S/C14H16N4O2/c15-10-7-16-18(8-10)9-14(19)17-12-5-6-20-13-4-2-1-3-11(12)13/h1-4,7-8,12H,5-6,9,15H2,(H,17,19). The van der Waals surface area contributed by atoms with Gasteiger partial charge in [0.05, 0.1) is 24.5 Å². The fourth-order valence-electron chi connectivity index (χ4n) is 2.35. The zero-order chi connectivity index (χ0) is 13.9. The summed E-state index contributed by atoms with van der Waals surface area (Å²) in [5.74, 6) is 0.752. The molecule has 0 saturated carbocycles. The van der Waals surface area contributed by atoms with E-state index in [9.17, 15) is 4.79 Å². The number of nitrogens with two attached hydrogens (primary N) is 1. The fourth-order valence-corrected chi connectivity index (χ4v) is 2.35. The monoisotopic (exact) mass is 272 g/mol. The van der Waals surface area contributed by atoms with Crippen molar-refractivity contribution >= 4 is 11.6 Å². The number of benzene rings is 1. The van der Waals surface area contributed by atoms with Crippen LogP contribution in [-0.2, 0) is 11.3 Å². The van der Waals surface area contributed by atoms with Crippen molar-refractivity contribution < 1.29 is 9.53 Å². The Kier molecular flexibility index (Phi) is 3.28. The molecule has 1 unspecified atom stereocenters. The van der Waals surface area contributed by atoms with Crippen LogP contribution < -0.4 is 15.8 Å². The summed E-state index contributed by atoms with van der Waals surface area (Å²) >= 11 is 0. The largest absolute Gasteiger partial charge is 0.493 e. The molecule has 2 aromatic rings. The summed E-state index contributed by atoms with van der Waals surface area (Å²) in [4.78, 5) is 12.0. The summed E-state index contributed by atoms with van der Waals surface area (Å²) in [7, 11) is 0. The first kappa shape index (κ1) is 12.5. The Labute approximate surface area is 116 Å². The van der Waals surface area contributed by atoms with Gasteiger partial charge in [0.15, 0.2) is 0 Å². The van der Waals surface area contributed by atoms with Crippen LogP contribution in [-0.4, -0.2) is 22.3 Å². The van der Waals surface area contributed by atoms with E-state index in [-0.39, 0.29) is 18.5 Å². The molecule has 0 aliphatic carbocycles. The number of ether oxygens (including phenoxy) is 1. The average Bonchev–Trinajstić information content (AvgIpc) is 2.84. The Hall–Kier alpha value is -2.50. The summed E-state index contributed by atoms with van der Waals surface area (Å²) in [5.41, 5.74) is 7.14. The minimum Gasteiger partial charge on any atom is -0.493 e. The molecule has 1 aliphatic heterocycles. The molecule has 1 aromatic heterocycles. The van der Waals surface area contributed by atoms with Crippen molar-refractivity contribution in [3.05, 3.63) is 42.2 Å². The van der Waals surface area contributed by atoms with E-state index in [1.165, 1.54) is 10.9 Å². The third kappa shape index (κ3) is 2.59. The molecule has 3 rings (SSSR count). The molecule has 20 heavy (non-hydrogen) atoms. The topological polar surface area (TPSA) is 82.2 Å². The molecule has 104 valence electrons. The molecule has 1 amide bonds. The fraction of sp³-hybridized carbons (Fsp3) is 0.286. The van der Waals surface area contributed by atoms with E-state index >= 15 is 0 Å². The lowest BCUT2D eigenvalue weighted by Gasteiger charge is -2.26. The van der Waals surface area contributed by atoms with Crippen LogP contribution in [0.5, 0.6) is 5.75 Å². The molecule has 3 N–H and O–H groups in total. The number of aromatic nitrogens is 2. The predicted molar refractivity (Wildman–Crippen MR) is 74.1 cm³/mol. The van der Waals surface area contributed by atoms with Crippen LogP contribution in [0, 0.1) is 0 Å². The highest BCUT2D eigenvalue weighted by molar-refractivity contribution is 5.76. The van der Waals surface area contributed by atoms with Crippen LogP contribution in [0.25, 0.3) is 0 Å². The molecule has 6 nitrogen and oxygen atoms in total. The summed E-state index contributed by atoms with van der Waals surface area (Å²) in [6.45, 7) is 0.771. The second kappa shape index (κ2) is 5.24. The van der Waals surface area contributed by atoms with Crippen LogP contribution in [0.3, 0.4) is 0 Å². The second-order valence-corrected chi connectivity index (χ2v) is 4.77. The van der Waals surface area contributed by atoms with E-state index in [2.05, 4.69) is 10.4 Å². The van der Waals surface area contributed by atoms with Crippen molar-refractivity contribution in [1.82, 2.24) is 15.1 Å². The number of hydrogen-bond donors (Lipinski definition) is 2. The molecule has 2 heterocycles. The molecule has 0 bridgehead atoms. The molecule has 6 heteroatoms. The number of nitrogens with one attached hydrogen (secondary N) is 1. The first-order valence-electron chi connectivity index (χ1n) is 6.51. The SMILES string of the molecule is Nc1cnn(CC(=O)NC2CCOc3ccccc32)c1. The van der Waals surface area contributed by atoms with Gasteiger partial charge in [0.25, 0.3) is 0 Å². The Morgan fingerprint density at radius 1 is 1.50 bits per heavy atom. The molecular formula is C14H16N4O2. The van der Waals surface area contributed by atoms with Gasteiger partial charge in [0, 0.05) is 18.2 Å².